The molecule has 0 radical (unpaired) electrons. The van der Waals surface area contributed by atoms with Gasteiger partial charge in [0.2, 0.25) is 11.8 Å². The summed E-state index contributed by atoms with van der Waals surface area (Å²) in [6, 6.07) is 15.3. The van der Waals surface area contributed by atoms with E-state index in [9.17, 15) is 18.8 Å². The third kappa shape index (κ3) is 5.30. The normalized spacial score (nSPS) is 16.3. The molecule has 0 spiro atoms. The van der Waals surface area contributed by atoms with Crippen LogP contribution in [0.4, 0.5) is 10.1 Å². The summed E-state index contributed by atoms with van der Waals surface area (Å²) in [5.74, 6) is -1.09. The predicted molar refractivity (Wildman–Crippen MR) is 159 cm³/mol. The summed E-state index contributed by atoms with van der Waals surface area (Å²) in [6.07, 6.45) is 4.51. The minimum atomic E-state index is -1.40. The largest absolute Gasteiger partial charge is 0.364 e. The maximum atomic E-state index is 14.7. The highest BCUT2D eigenvalue weighted by Gasteiger charge is 2.40. The highest BCUT2D eigenvalue weighted by molar-refractivity contribution is 6.05. The molecule has 2 aromatic carbocycles. The zero-order valence-electron chi connectivity index (χ0n) is 23.5. The van der Waals surface area contributed by atoms with Gasteiger partial charge in [0.05, 0.1) is 42.5 Å². The number of alkyl halides is 1. The standard InChI is InChI=1S/C30H24FN11O3/c31-20-11-24(29(45)36-21-13-33-30-37-28(39-42(30)15-21)17-4-2-1-3-5-17)40(14-20)25(43)16-41-23-7-6-18(19-8-9-34-35-12-19)10-22(23)26(38-41)27(32)44/h1-10,12-13,15,20,24H,11,14,16H2,(H2,32,44)(H,36,45). The Morgan fingerprint density at radius 1 is 0.978 bits per heavy atom. The van der Waals surface area contributed by atoms with Gasteiger partial charge in [-0.05, 0) is 23.8 Å². The van der Waals surface area contributed by atoms with E-state index in [1.807, 2.05) is 30.3 Å². The van der Waals surface area contributed by atoms with Crippen molar-refractivity contribution in [3.05, 3.63) is 85.1 Å². The molecule has 5 heterocycles. The molecule has 0 bridgehead atoms. The van der Waals surface area contributed by atoms with Gasteiger partial charge in [-0.1, -0.05) is 36.4 Å². The number of aromatic nitrogens is 8. The molecular weight excluding hydrogens is 581 g/mol. The molecule has 1 saturated heterocycles. The molecule has 2 unspecified atom stereocenters. The zero-order chi connectivity index (χ0) is 31.1. The Morgan fingerprint density at radius 2 is 1.82 bits per heavy atom. The third-order valence-electron chi connectivity index (χ3n) is 7.55. The minimum absolute atomic E-state index is 0.0211. The summed E-state index contributed by atoms with van der Waals surface area (Å²) in [5, 5.41) is 19.5. The molecule has 4 aromatic heterocycles. The van der Waals surface area contributed by atoms with Crippen LogP contribution in [0, 0.1) is 0 Å². The number of fused-ring (bicyclic) bond motifs is 2. The fourth-order valence-corrected chi connectivity index (χ4v) is 5.43. The first-order chi connectivity index (χ1) is 21.8. The first-order valence-corrected chi connectivity index (χ1v) is 13.9. The van der Waals surface area contributed by atoms with Crippen LogP contribution in [0.1, 0.15) is 16.9 Å². The highest BCUT2D eigenvalue weighted by Crippen LogP contribution is 2.28. The number of primary amides is 1. The van der Waals surface area contributed by atoms with E-state index in [0.29, 0.717) is 28.2 Å². The molecule has 45 heavy (non-hydrogen) atoms. The number of carbonyl (C=O) groups is 3. The molecule has 6 aromatic rings. The topological polar surface area (TPSA) is 179 Å². The van der Waals surface area contributed by atoms with Gasteiger partial charge in [0, 0.05) is 22.9 Å². The van der Waals surface area contributed by atoms with Gasteiger partial charge in [0.1, 0.15) is 18.8 Å². The van der Waals surface area contributed by atoms with Gasteiger partial charge in [-0.25, -0.2) is 13.9 Å². The Kier molecular flexibility index (Phi) is 6.88. The lowest BCUT2D eigenvalue weighted by molar-refractivity contribution is -0.137. The molecule has 3 amide bonds. The number of nitrogens with one attached hydrogen (secondary N) is 1. The molecule has 3 N–H and O–H groups in total. The third-order valence-corrected chi connectivity index (χ3v) is 7.55. The van der Waals surface area contributed by atoms with Crippen LogP contribution in [0.15, 0.2) is 79.4 Å². The van der Waals surface area contributed by atoms with Crippen LogP contribution in [0.3, 0.4) is 0 Å². The lowest BCUT2D eigenvalue weighted by Crippen LogP contribution is -2.44. The molecule has 0 saturated carbocycles. The summed E-state index contributed by atoms with van der Waals surface area (Å²) in [7, 11) is 0. The maximum Gasteiger partial charge on any atom is 0.269 e. The van der Waals surface area contributed by atoms with Crippen LogP contribution in [-0.2, 0) is 16.1 Å². The van der Waals surface area contributed by atoms with Gasteiger partial charge in [0.15, 0.2) is 11.5 Å². The molecule has 1 fully saturated rings. The van der Waals surface area contributed by atoms with Crippen LogP contribution in [0.5, 0.6) is 0 Å². The summed E-state index contributed by atoms with van der Waals surface area (Å²) >= 11 is 0. The second kappa shape index (κ2) is 11.2. The number of rotatable bonds is 7. The Labute approximate surface area is 253 Å². The number of hydrogen-bond donors (Lipinski definition) is 2. The molecule has 1 aliphatic rings. The van der Waals surface area contributed by atoms with Crippen LogP contribution < -0.4 is 11.1 Å². The molecule has 0 aliphatic carbocycles. The van der Waals surface area contributed by atoms with Crippen molar-refractivity contribution in [3.8, 4) is 22.5 Å². The number of amides is 3. The van der Waals surface area contributed by atoms with Gasteiger partial charge in [-0.2, -0.15) is 20.3 Å². The van der Waals surface area contributed by atoms with Gasteiger partial charge < -0.3 is 16.0 Å². The molecule has 2 atom stereocenters. The van der Waals surface area contributed by atoms with E-state index < -0.39 is 29.9 Å². The summed E-state index contributed by atoms with van der Waals surface area (Å²) in [4.78, 5) is 48.9. The van der Waals surface area contributed by atoms with E-state index in [-0.39, 0.29) is 25.2 Å². The number of halogens is 1. The quantitative estimate of drug-likeness (QED) is 0.276. The van der Waals surface area contributed by atoms with Crippen LogP contribution >= 0.6 is 0 Å². The smallest absolute Gasteiger partial charge is 0.269 e. The number of carbonyl (C=O) groups excluding carboxylic acids is 3. The predicted octanol–water partition coefficient (Wildman–Crippen LogP) is 2.27. The number of nitrogens with zero attached hydrogens (tertiary/aromatic N) is 9. The number of benzene rings is 2. The Balaban J connectivity index is 1.11. The lowest BCUT2D eigenvalue weighted by atomic mass is 10.0. The average molecular weight is 606 g/mol. The second-order valence-corrected chi connectivity index (χ2v) is 10.5. The van der Waals surface area contributed by atoms with Crippen LogP contribution in [0.2, 0.25) is 0 Å². The summed E-state index contributed by atoms with van der Waals surface area (Å²) in [5.41, 5.74) is 8.68. The van der Waals surface area contributed by atoms with E-state index >= 15 is 0 Å². The first-order valence-electron chi connectivity index (χ1n) is 13.9. The Hall–Kier alpha value is -6.12. The van der Waals surface area contributed by atoms with Crippen molar-refractivity contribution in [1.29, 1.82) is 0 Å². The zero-order valence-corrected chi connectivity index (χ0v) is 23.5. The van der Waals surface area contributed by atoms with Crippen LogP contribution in [-0.4, -0.2) is 80.9 Å². The van der Waals surface area contributed by atoms with Gasteiger partial charge in [-0.15, -0.1) is 5.10 Å². The van der Waals surface area contributed by atoms with E-state index in [2.05, 4.69) is 35.7 Å². The second-order valence-electron chi connectivity index (χ2n) is 10.5. The van der Waals surface area contributed by atoms with E-state index in [1.165, 1.54) is 20.3 Å². The number of nitrogens with two attached hydrogens (primary N) is 1. The molecular formula is C30H24FN11O3. The van der Waals surface area contributed by atoms with E-state index in [4.69, 9.17) is 5.73 Å². The monoisotopic (exact) mass is 605 g/mol. The SMILES string of the molecule is NC(=O)c1nn(CC(=O)N2CC(F)CC2C(=O)Nc2cnc3nc(-c4ccccc4)nn3c2)c2ccc(-c3ccnnc3)cc12. The van der Waals surface area contributed by atoms with E-state index in [1.54, 1.807) is 42.9 Å². The van der Waals surface area contributed by atoms with Crippen molar-refractivity contribution in [1.82, 2.24) is 44.5 Å². The fourth-order valence-electron chi connectivity index (χ4n) is 5.43. The molecule has 224 valence electrons. The Bertz CT molecular complexity index is 2080. The summed E-state index contributed by atoms with van der Waals surface area (Å²) < 4.78 is 17.4. The first kappa shape index (κ1) is 27.7. The van der Waals surface area contributed by atoms with Crippen molar-refractivity contribution < 1.29 is 18.8 Å². The van der Waals surface area contributed by atoms with Crippen LogP contribution in [0.25, 0.3) is 39.2 Å². The van der Waals surface area contributed by atoms with Crippen molar-refractivity contribution in [2.24, 2.45) is 5.73 Å². The fraction of sp³-hybridized carbons (Fsp3) is 0.167. The van der Waals surface area contributed by atoms with Crippen molar-refractivity contribution >= 4 is 40.1 Å². The number of likely N-dealkylation sites (tertiary alicyclic amines) is 1. The van der Waals surface area contributed by atoms with E-state index in [0.717, 1.165) is 16.7 Å². The average Bonchev–Trinajstić information content (AvgIpc) is 3.76. The number of anilines is 1. The van der Waals surface area contributed by atoms with Gasteiger partial charge in [-0.3, -0.25) is 19.1 Å². The van der Waals surface area contributed by atoms with Crippen molar-refractivity contribution in [2.45, 2.75) is 25.2 Å². The van der Waals surface area contributed by atoms with Gasteiger partial charge >= 0.3 is 0 Å². The van der Waals surface area contributed by atoms with Crippen molar-refractivity contribution in [3.63, 3.8) is 0 Å². The number of hydrogen-bond acceptors (Lipinski definition) is 9. The highest BCUT2D eigenvalue weighted by atomic mass is 19.1. The minimum Gasteiger partial charge on any atom is -0.364 e. The lowest BCUT2D eigenvalue weighted by Gasteiger charge is -2.23. The molecule has 1 aliphatic heterocycles. The molecule has 15 heteroatoms. The summed E-state index contributed by atoms with van der Waals surface area (Å²) in [6.45, 7) is -0.607. The Morgan fingerprint density at radius 3 is 2.60 bits per heavy atom. The maximum absolute atomic E-state index is 14.7. The van der Waals surface area contributed by atoms with Crippen molar-refractivity contribution in [2.75, 3.05) is 11.9 Å². The molecule has 14 nitrogen and oxygen atoms in total. The van der Waals surface area contributed by atoms with Gasteiger partial charge in [0.25, 0.3) is 11.7 Å². The molecule has 7 rings (SSSR count).